The molecule has 0 spiro atoms. The Morgan fingerprint density at radius 2 is 0.885 bits per heavy atom. The third kappa shape index (κ3) is 13.4. The lowest BCUT2D eigenvalue weighted by atomic mass is 10.0. The van der Waals surface area contributed by atoms with Gasteiger partial charge in [0.15, 0.2) is 0 Å². The number of hydrogen-bond donors (Lipinski definition) is 0. The van der Waals surface area contributed by atoms with Crippen LogP contribution in [0.25, 0.3) is 0 Å². The highest BCUT2D eigenvalue weighted by molar-refractivity contribution is 5.27. The van der Waals surface area contributed by atoms with Crippen molar-refractivity contribution in [2.75, 3.05) is 0 Å². The van der Waals surface area contributed by atoms with E-state index >= 15 is 0 Å². The van der Waals surface area contributed by atoms with E-state index in [0.29, 0.717) is 0 Å². The maximum Gasteiger partial charge on any atom is -0.0120 e. The van der Waals surface area contributed by atoms with Gasteiger partial charge in [0, 0.05) is 0 Å². The Morgan fingerprint density at radius 3 is 1.27 bits per heavy atom. The molecule has 0 saturated heterocycles. The molecule has 0 aliphatic rings. The Balaban J connectivity index is 1.79. The summed E-state index contributed by atoms with van der Waals surface area (Å²) in [7, 11) is 0. The van der Waals surface area contributed by atoms with Crippen LogP contribution in [-0.2, 0) is 6.42 Å². The summed E-state index contributed by atoms with van der Waals surface area (Å²) < 4.78 is 0. The van der Waals surface area contributed by atoms with Crippen LogP contribution in [0.2, 0.25) is 0 Å². The maximum absolute atomic E-state index is 3.37. The normalized spacial score (nSPS) is 11.2. The predicted molar refractivity (Wildman–Crippen MR) is 118 cm³/mol. The summed E-state index contributed by atoms with van der Waals surface area (Å²) in [4.78, 5) is 0. The Labute approximate surface area is 165 Å². The van der Waals surface area contributed by atoms with Gasteiger partial charge in [-0.2, -0.15) is 0 Å². The van der Waals surface area contributed by atoms with E-state index < -0.39 is 0 Å². The molecular weight excluding hydrogens is 312 g/mol. The van der Waals surface area contributed by atoms with Crippen molar-refractivity contribution in [1.29, 1.82) is 0 Å². The third-order valence-corrected chi connectivity index (χ3v) is 5.52. The van der Waals surface area contributed by atoms with Crippen LogP contribution in [0, 0.1) is 19.9 Å². The molecule has 0 N–H and O–H groups in total. The molecule has 0 aliphatic heterocycles. The highest BCUT2D eigenvalue weighted by Crippen LogP contribution is 2.15. The van der Waals surface area contributed by atoms with Crippen molar-refractivity contribution in [2.45, 2.75) is 130 Å². The molecule has 1 radical (unpaired) electrons. The Hall–Kier alpha value is -0.780. The van der Waals surface area contributed by atoms with Crippen LogP contribution in [0.15, 0.2) is 12.1 Å². The van der Waals surface area contributed by atoms with E-state index in [2.05, 4.69) is 39.0 Å². The van der Waals surface area contributed by atoms with Gasteiger partial charge in [-0.25, -0.2) is 0 Å². The minimum atomic E-state index is 1.24. The molecule has 0 heteroatoms. The van der Waals surface area contributed by atoms with Gasteiger partial charge in [0.05, 0.1) is 0 Å². The summed E-state index contributed by atoms with van der Waals surface area (Å²) in [6.07, 6.45) is 24.3. The predicted octanol–water partition coefficient (Wildman–Crippen LogP) is 8.91. The van der Waals surface area contributed by atoms with E-state index in [1.165, 1.54) is 126 Å². The second-order valence-electron chi connectivity index (χ2n) is 8.41. The summed E-state index contributed by atoms with van der Waals surface area (Å²) in [6, 6.07) is 7.97. The van der Waals surface area contributed by atoms with Gasteiger partial charge < -0.3 is 0 Å². The molecule has 0 unspecified atom stereocenters. The molecule has 0 bridgehead atoms. The number of unbranched alkanes of at least 4 members (excludes halogenated alkanes) is 15. The molecule has 0 nitrogen and oxygen atoms in total. The topological polar surface area (TPSA) is 0 Å². The lowest BCUT2D eigenvalue weighted by Gasteiger charge is -2.05. The fourth-order valence-corrected chi connectivity index (χ4v) is 4.00. The van der Waals surface area contributed by atoms with Gasteiger partial charge in [-0.1, -0.05) is 115 Å². The number of hydrogen-bond acceptors (Lipinski definition) is 0. The molecule has 0 heterocycles. The van der Waals surface area contributed by atoms with Crippen LogP contribution < -0.4 is 0 Å². The van der Waals surface area contributed by atoms with Crippen LogP contribution in [0.1, 0.15) is 126 Å². The first kappa shape index (κ1) is 23.3. The van der Waals surface area contributed by atoms with Crippen LogP contribution in [-0.4, -0.2) is 0 Å². The highest BCUT2D eigenvalue weighted by Gasteiger charge is 1.98. The minimum absolute atomic E-state index is 1.24. The van der Waals surface area contributed by atoms with Gasteiger partial charge in [0.25, 0.3) is 0 Å². The van der Waals surface area contributed by atoms with Gasteiger partial charge in [-0.15, -0.1) is 0 Å². The molecule has 0 amide bonds. The third-order valence-electron chi connectivity index (χ3n) is 5.52. The molecule has 1 aromatic carbocycles. The van der Waals surface area contributed by atoms with E-state index in [1.807, 2.05) is 0 Å². The molecular formula is C26H45. The average Bonchev–Trinajstić information content (AvgIpc) is 2.60. The minimum Gasteiger partial charge on any atom is -0.0654 e. The number of aryl methyl sites for hydroxylation is 3. The lowest BCUT2D eigenvalue weighted by molar-refractivity contribution is 0.529. The Kier molecular flexibility index (Phi) is 14.7. The van der Waals surface area contributed by atoms with Gasteiger partial charge in [0.1, 0.15) is 0 Å². The van der Waals surface area contributed by atoms with E-state index in [4.69, 9.17) is 0 Å². The molecule has 1 aromatic rings. The zero-order chi connectivity index (χ0) is 18.9. The molecule has 0 aliphatic carbocycles. The van der Waals surface area contributed by atoms with Crippen molar-refractivity contribution in [3.8, 4) is 0 Å². The smallest absolute Gasteiger partial charge is 0.0120 e. The van der Waals surface area contributed by atoms with Crippen molar-refractivity contribution < 1.29 is 0 Å². The fourth-order valence-electron chi connectivity index (χ4n) is 4.00. The molecule has 26 heavy (non-hydrogen) atoms. The highest BCUT2D eigenvalue weighted by atomic mass is 14.0. The summed E-state index contributed by atoms with van der Waals surface area (Å²) in [6.45, 7) is 6.61. The van der Waals surface area contributed by atoms with E-state index in [-0.39, 0.29) is 0 Å². The fraction of sp³-hybridized carbons (Fsp3) is 0.769. The van der Waals surface area contributed by atoms with E-state index in [1.54, 1.807) is 0 Å². The largest absolute Gasteiger partial charge is 0.0654 e. The van der Waals surface area contributed by atoms with E-state index in [9.17, 15) is 0 Å². The van der Waals surface area contributed by atoms with Crippen LogP contribution >= 0.6 is 0 Å². The molecule has 0 aromatic heterocycles. The summed E-state index contributed by atoms with van der Waals surface area (Å²) in [5.74, 6) is 0. The zero-order valence-electron chi connectivity index (χ0n) is 18.2. The summed E-state index contributed by atoms with van der Waals surface area (Å²) in [5.41, 5.74) is 4.08. The first-order chi connectivity index (χ1) is 12.7. The number of benzene rings is 1. The van der Waals surface area contributed by atoms with E-state index in [0.717, 1.165) is 0 Å². The Bertz CT molecular complexity index is 411. The monoisotopic (exact) mass is 357 g/mol. The Morgan fingerprint density at radius 1 is 0.538 bits per heavy atom. The van der Waals surface area contributed by atoms with Crippen molar-refractivity contribution in [3.63, 3.8) is 0 Å². The SMILES string of the molecule is CCCCCCCCCCCCCCCCCCc1cc(C)[c]c(C)c1. The van der Waals surface area contributed by atoms with Crippen molar-refractivity contribution in [2.24, 2.45) is 0 Å². The lowest BCUT2D eigenvalue weighted by Crippen LogP contribution is -1.89. The molecule has 149 valence electrons. The standard InChI is InChI=1S/C26H45/c1-4-5-6-7-8-9-10-11-12-13-14-15-16-17-18-19-20-26-22-24(2)21-25(3)23-26/h22-23H,4-20H2,1-3H3. The second-order valence-corrected chi connectivity index (χ2v) is 8.41. The average molecular weight is 358 g/mol. The van der Waals surface area contributed by atoms with Crippen molar-refractivity contribution in [1.82, 2.24) is 0 Å². The van der Waals surface area contributed by atoms with Gasteiger partial charge >= 0.3 is 0 Å². The number of rotatable bonds is 17. The quantitative estimate of drug-likeness (QED) is 0.244. The van der Waals surface area contributed by atoms with Crippen molar-refractivity contribution >= 4 is 0 Å². The van der Waals surface area contributed by atoms with Gasteiger partial charge in [-0.05, 0) is 49.4 Å². The van der Waals surface area contributed by atoms with Gasteiger partial charge in [0.2, 0.25) is 0 Å². The van der Waals surface area contributed by atoms with Gasteiger partial charge in [-0.3, -0.25) is 0 Å². The first-order valence-corrected chi connectivity index (χ1v) is 11.7. The van der Waals surface area contributed by atoms with Crippen molar-refractivity contribution in [3.05, 3.63) is 34.9 Å². The second kappa shape index (κ2) is 16.4. The summed E-state index contributed by atoms with van der Waals surface area (Å²) >= 11 is 0. The zero-order valence-corrected chi connectivity index (χ0v) is 18.2. The van der Waals surface area contributed by atoms with Crippen LogP contribution in [0.5, 0.6) is 0 Å². The summed E-state index contributed by atoms with van der Waals surface area (Å²) in [5, 5.41) is 0. The molecule has 0 saturated carbocycles. The maximum atomic E-state index is 3.37. The van der Waals surface area contributed by atoms with Crippen LogP contribution in [0.4, 0.5) is 0 Å². The molecule has 1 rings (SSSR count). The molecule has 0 fully saturated rings. The van der Waals surface area contributed by atoms with Crippen LogP contribution in [0.3, 0.4) is 0 Å². The molecule has 0 atom stereocenters. The first-order valence-electron chi connectivity index (χ1n) is 11.7.